The average Bonchev–Trinajstić information content (AvgIpc) is 2.88. The minimum Gasteiger partial charge on any atom is -0.355 e. The van der Waals surface area contributed by atoms with Gasteiger partial charge in [0.2, 0.25) is 5.91 Å². The lowest BCUT2D eigenvalue weighted by Crippen LogP contribution is -2.35. The molecule has 2 rings (SSSR count). The summed E-state index contributed by atoms with van der Waals surface area (Å²) in [5.41, 5.74) is 3.58. The highest BCUT2D eigenvalue weighted by Gasteiger charge is 2.11. The Balaban J connectivity index is 1.73. The van der Waals surface area contributed by atoms with Crippen LogP contribution in [0.3, 0.4) is 0 Å². The maximum absolute atomic E-state index is 12.0. The number of nitrogens with zero attached hydrogens (tertiary/aromatic N) is 3. The first-order valence-electron chi connectivity index (χ1n) is 8.10. The Morgan fingerprint density at radius 3 is 2.70 bits per heavy atom. The van der Waals surface area contributed by atoms with E-state index >= 15 is 0 Å². The van der Waals surface area contributed by atoms with Gasteiger partial charge in [-0.2, -0.15) is 5.10 Å². The van der Waals surface area contributed by atoms with E-state index < -0.39 is 0 Å². The van der Waals surface area contributed by atoms with Crippen molar-refractivity contribution < 1.29 is 4.79 Å². The number of carbonyl (C=O) groups is 1. The van der Waals surface area contributed by atoms with Crippen molar-refractivity contribution in [1.29, 1.82) is 0 Å². The molecule has 0 aliphatic heterocycles. The summed E-state index contributed by atoms with van der Waals surface area (Å²) >= 11 is 0. The molecule has 1 N–H and O–H groups in total. The molecule has 1 heterocycles. The highest BCUT2D eigenvalue weighted by atomic mass is 16.2. The molecule has 0 unspecified atom stereocenters. The summed E-state index contributed by atoms with van der Waals surface area (Å²) in [7, 11) is 1.96. The Labute approximate surface area is 138 Å². The van der Waals surface area contributed by atoms with Crippen molar-refractivity contribution in [3.63, 3.8) is 0 Å². The third-order valence-electron chi connectivity index (χ3n) is 3.94. The molecule has 0 aliphatic rings. The van der Waals surface area contributed by atoms with Gasteiger partial charge < -0.3 is 5.32 Å². The number of carbonyl (C=O) groups excluding carboxylic acids is 1. The molecule has 0 radical (unpaired) electrons. The van der Waals surface area contributed by atoms with Crippen LogP contribution in [0, 0.1) is 6.92 Å². The van der Waals surface area contributed by atoms with E-state index in [0.29, 0.717) is 13.1 Å². The quantitative estimate of drug-likeness (QED) is 0.811. The van der Waals surface area contributed by atoms with Gasteiger partial charge in [0, 0.05) is 30.9 Å². The highest BCUT2D eigenvalue weighted by Crippen LogP contribution is 2.09. The van der Waals surface area contributed by atoms with Crippen molar-refractivity contribution in [1.82, 2.24) is 20.0 Å². The summed E-state index contributed by atoms with van der Waals surface area (Å²) in [6, 6.07) is 10.2. The molecule has 0 spiro atoms. The SMILES string of the molecule is CCn1ncc(CN(C)CC(=O)NCCc2ccccc2)c1C. The molecule has 0 saturated heterocycles. The molecule has 23 heavy (non-hydrogen) atoms. The van der Waals surface area contributed by atoms with Gasteiger partial charge in [-0.05, 0) is 32.9 Å². The largest absolute Gasteiger partial charge is 0.355 e. The number of aryl methyl sites for hydroxylation is 1. The predicted octanol–water partition coefficient (Wildman–Crippen LogP) is 2.00. The van der Waals surface area contributed by atoms with Crippen molar-refractivity contribution in [2.45, 2.75) is 33.4 Å². The van der Waals surface area contributed by atoms with Gasteiger partial charge in [0.25, 0.3) is 0 Å². The van der Waals surface area contributed by atoms with E-state index in [0.717, 1.165) is 19.5 Å². The lowest BCUT2D eigenvalue weighted by molar-refractivity contribution is -0.122. The monoisotopic (exact) mass is 314 g/mol. The number of likely N-dealkylation sites (N-methyl/N-ethyl adjacent to an activating group) is 1. The van der Waals surface area contributed by atoms with Crippen LogP contribution in [0.2, 0.25) is 0 Å². The van der Waals surface area contributed by atoms with E-state index in [9.17, 15) is 4.79 Å². The lowest BCUT2D eigenvalue weighted by Gasteiger charge is -2.16. The van der Waals surface area contributed by atoms with E-state index in [2.05, 4.69) is 36.4 Å². The van der Waals surface area contributed by atoms with Gasteiger partial charge in [-0.15, -0.1) is 0 Å². The molecule has 124 valence electrons. The standard InChI is InChI=1S/C18H26N4O/c1-4-22-15(2)17(12-20-22)13-21(3)14-18(23)19-11-10-16-8-6-5-7-9-16/h5-9,12H,4,10-11,13-14H2,1-3H3,(H,19,23). The molecule has 0 atom stereocenters. The molecule has 1 aromatic heterocycles. The van der Waals surface area contributed by atoms with Crippen LogP contribution in [0.1, 0.15) is 23.7 Å². The smallest absolute Gasteiger partial charge is 0.234 e. The van der Waals surface area contributed by atoms with Crippen molar-refractivity contribution in [3.05, 3.63) is 53.3 Å². The number of hydrogen-bond acceptors (Lipinski definition) is 3. The Morgan fingerprint density at radius 2 is 2.04 bits per heavy atom. The van der Waals surface area contributed by atoms with E-state index in [1.54, 1.807) is 0 Å². The van der Waals surface area contributed by atoms with Gasteiger partial charge >= 0.3 is 0 Å². The first-order valence-corrected chi connectivity index (χ1v) is 8.10. The van der Waals surface area contributed by atoms with Crippen LogP contribution >= 0.6 is 0 Å². The fraction of sp³-hybridized carbons (Fsp3) is 0.444. The highest BCUT2D eigenvalue weighted by molar-refractivity contribution is 5.77. The van der Waals surface area contributed by atoms with Crippen LogP contribution in [0.5, 0.6) is 0 Å². The molecule has 0 saturated carbocycles. The molecule has 2 aromatic rings. The normalized spacial score (nSPS) is 11.0. The number of hydrogen-bond donors (Lipinski definition) is 1. The van der Waals surface area contributed by atoms with Crippen LogP contribution in [-0.2, 0) is 24.3 Å². The summed E-state index contributed by atoms with van der Waals surface area (Å²) in [6.07, 6.45) is 2.75. The average molecular weight is 314 g/mol. The van der Waals surface area contributed by atoms with Gasteiger partial charge in [-0.3, -0.25) is 14.4 Å². The first-order chi connectivity index (χ1) is 11.1. The maximum Gasteiger partial charge on any atom is 0.234 e. The summed E-state index contributed by atoms with van der Waals surface area (Å²) < 4.78 is 1.98. The summed E-state index contributed by atoms with van der Waals surface area (Å²) in [5, 5.41) is 7.32. The second kappa shape index (κ2) is 8.48. The van der Waals surface area contributed by atoms with Gasteiger partial charge in [0.1, 0.15) is 0 Å². The van der Waals surface area contributed by atoms with E-state index in [-0.39, 0.29) is 5.91 Å². The molecule has 1 aromatic carbocycles. The summed E-state index contributed by atoms with van der Waals surface area (Å²) in [6.45, 7) is 6.82. The van der Waals surface area contributed by atoms with Crippen LogP contribution in [0.25, 0.3) is 0 Å². The van der Waals surface area contributed by atoms with Gasteiger partial charge in [0.05, 0.1) is 12.7 Å². The van der Waals surface area contributed by atoms with E-state index in [1.165, 1.54) is 16.8 Å². The molecular formula is C18H26N4O. The van der Waals surface area contributed by atoms with Gasteiger partial charge in [0.15, 0.2) is 0 Å². The van der Waals surface area contributed by atoms with Gasteiger partial charge in [-0.1, -0.05) is 30.3 Å². The minimum atomic E-state index is 0.0592. The second-order valence-corrected chi connectivity index (χ2v) is 5.83. The number of rotatable bonds is 8. The zero-order valence-electron chi connectivity index (χ0n) is 14.2. The third kappa shape index (κ3) is 5.21. The first kappa shape index (κ1) is 17.2. The van der Waals surface area contributed by atoms with Crippen LogP contribution < -0.4 is 5.32 Å². The molecule has 0 aliphatic carbocycles. The summed E-state index contributed by atoms with van der Waals surface area (Å²) in [4.78, 5) is 14.0. The lowest BCUT2D eigenvalue weighted by atomic mass is 10.1. The molecule has 0 bridgehead atoms. The van der Waals surface area contributed by atoms with Crippen molar-refractivity contribution in [2.75, 3.05) is 20.1 Å². The maximum atomic E-state index is 12.0. The van der Waals surface area contributed by atoms with Crippen LogP contribution in [-0.4, -0.2) is 40.7 Å². The minimum absolute atomic E-state index is 0.0592. The van der Waals surface area contributed by atoms with Crippen LogP contribution in [0.4, 0.5) is 0 Å². The molecule has 0 fully saturated rings. The fourth-order valence-corrected chi connectivity index (χ4v) is 2.60. The van der Waals surface area contributed by atoms with Crippen molar-refractivity contribution >= 4 is 5.91 Å². The topological polar surface area (TPSA) is 50.2 Å². The predicted molar refractivity (Wildman–Crippen MR) is 92.1 cm³/mol. The van der Waals surface area contributed by atoms with E-state index in [4.69, 9.17) is 0 Å². The van der Waals surface area contributed by atoms with Gasteiger partial charge in [-0.25, -0.2) is 0 Å². The van der Waals surface area contributed by atoms with Crippen molar-refractivity contribution in [2.24, 2.45) is 0 Å². The Bertz CT molecular complexity index is 621. The molecule has 5 heteroatoms. The Kier molecular flexibility index (Phi) is 6.35. The Morgan fingerprint density at radius 1 is 1.30 bits per heavy atom. The van der Waals surface area contributed by atoms with E-state index in [1.807, 2.05) is 41.0 Å². The Hall–Kier alpha value is -2.14. The molecule has 5 nitrogen and oxygen atoms in total. The number of benzene rings is 1. The van der Waals surface area contributed by atoms with Crippen molar-refractivity contribution in [3.8, 4) is 0 Å². The summed E-state index contributed by atoms with van der Waals surface area (Å²) in [5.74, 6) is 0.0592. The fourth-order valence-electron chi connectivity index (χ4n) is 2.60. The number of aromatic nitrogens is 2. The number of nitrogens with one attached hydrogen (secondary N) is 1. The second-order valence-electron chi connectivity index (χ2n) is 5.83. The number of amides is 1. The zero-order valence-corrected chi connectivity index (χ0v) is 14.2. The molecular weight excluding hydrogens is 288 g/mol. The van der Waals surface area contributed by atoms with Crippen LogP contribution in [0.15, 0.2) is 36.5 Å². The zero-order chi connectivity index (χ0) is 16.7. The molecule has 1 amide bonds. The third-order valence-corrected chi connectivity index (χ3v) is 3.94.